The lowest BCUT2D eigenvalue weighted by Gasteiger charge is -2.34. The average Bonchev–Trinajstić information content (AvgIpc) is 3.56. The molecule has 0 bridgehead atoms. The molecule has 36 heavy (non-hydrogen) atoms. The summed E-state index contributed by atoms with van der Waals surface area (Å²) in [4.78, 5) is 37.3. The minimum Gasteiger partial charge on any atom is -0.360 e. The molecule has 0 unspecified atom stereocenters. The Bertz CT molecular complexity index is 1210. The van der Waals surface area contributed by atoms with Crippen LogP contribution in [0.25, 0.3) is 11.3 Å². The third-order valence-corrected chi connectivity index (χ3v) is 8.56. The Labute approximate surface area is 215 Å². The lowest BCUT2D eigenvalue weighted by Crippen LogP contribution is -2.44. The summed E-state index contributed by atoms with van der Waals surface area (Å²) >= 11 is 1.56. The third kappa shape index (κ3) is 4.95. The second-order valence-corrected chi connectivity index (χ2v) is 10.8. The molecule has 0 atom stereocenters. The van der Waals surface area contributed by atoms with Gasteiger partial charge in [0.25, 0.3) is 11.8 Å². The van der Waals surface area contributed by atoms with E-state index in [0.717, 1.165) is 49.3 Å². The zero-order chi connectivity index (χ0) is 25.2. The van der Waals surface area contributed by atoms with Crippen LogP contribution in [0.5, 0.6) is 0 Å². The van der Waals surface area contributed by atoms with Gasteiger partial charge < -0.3 is 19.2 Å². The van der Waals surface area contributed by atoms with E-state index >= 15 is 0 Å². The number of carbonyl (C=O) groups is 2. The molecule has 2 fully saturated rings. The molecule has 0 aliphatic carbocycles. The summed E-state index contributed by atoms with van der Waals surface area (Å²) in [6.07, 6.45) is 3.64. The average molecular weight is 508 g/mol. The van der Waals surface area contributed by atoms with Crippen LogP contribution >= 0.6 is 11.3 Å². The van der Waals surface area contributed by atoms with Gasteiger partial charge in [0.2, 0.25) is 0 Å². The second-order valence-electron chi connectivity index (χ2n) is 9.92. The molecule has 190 valence electrons. The first-order valence-electron chi connectivity index (χ1n) is 12.6. The Balaban J connectivity index is 1.21. The first-order chi connectivity index (χ1) is 17.4. The van der Waals surface area contributed by atoms with Gasteiger partial charge in [0.1, 0.15) is 22.7 Å². The Morgan fingerprint density at radius 3 is 2.44 bits per heavy atom. The van der Waals surface area contributed by atoms with Crippen molar-refractivity contribution in [1.82, 2.24) is 24.8 Å². The van der Waals surface area contributed by atoms with E-state index in [1.807, 2.05) is 52.6 Å². The maximum Gasteiger partial charge on any atom is 0.273 e. The Morgan fingerprint density at radius 1 is 1.06 bits per heavy atom. The number of benzene rings is 1. The molecule has 8 nitrogen and oxygen atoms in total. The first kappa shape index (κ1) is 24.6. The Kier molecular flexibility index (Phi) is 7.20. The van der Waals surface area contributed by atoms with Crippen molar-refractivity contribution >= 4 is 23.2 Å². The maximum absolute atomic E-state index is 13.4. The second kappa shape index (κ2) is 10.5. The summed E-state index contributed by atoms with van der Waals surface area (Å²) in [7, 11) is 4.02. The Morgan fingerprint density at radius 2 is 1.75 bits per heavy atom. The summed E-state index contributed by atoms with van der Waals surface area (Å²) in [6, 6.07) is 9.94. The molecular formula is C27H33N5O3S. The fourth-order valence-corrected chi connectivity index (χ4v) is 6.17. The zero-order valence-electron chi connectivity index (χ0n) is 21.1. The van der Waals surface area contributed by atoms with E-state index in [0.29, 0.717) is 35.8 Å². The minimum absolute atomic E-state index is 0.0102. The van der Waals surface area contributed by atoms with Gasteiger partial charge in [-0.3, -0.25) is 9.59 Å². The molecule has 1 aromatic carbocycles. The van der Waals surface area contributed by atoms with Gasteiger partial charge in [0, 0.05) is 43.0 Å². The van der Waals surface area contributed by atoms with Crippen LogP contribution in [0.15, 0.2) is 40.2 Å². The molecule has 2 aliphatic heterocycles. The lowest BCUT2D eigenvalue weighted by molar-refractivity contribution is 0.0654. The van der Waals surface area contributed by atoms with Gasteiger partial charge in [-0.2, -0.15) is 0 Å². The number of aryl methyl sites for hydroxylation is 1. The highest BCUT2D eigenvalue weighted by atomic mass is 32.1. The van der Waals surface area contributed by atoms with Gasteiger partial charge in [-0.25, -0.2) is 4.98 Å². The van der Waals surface area contributed by atoms with E-state index in [1.165, 1.54) is 0 Å². The van der Waals surface area contributed by atoms with E-state index in [1.54, 1.807) is 18.3 Å². The molecule has 0 N–H and O–H groups in total. The molecule has 2 aliphatic rings. The molecule has 0 radical (unpaired) electrons. The smallest absolute Gasteiger partial charge is 0.273 e. The molecule has 0 spiro atoms. The summed E-state index contributed by atoms with van der Waals surface area (Å²) in [5, 5.41) is 7.06. The number of amides is 2. The quantitative estimate of drug-likeness (QED) is 0.512. The summed E-state index contributed by atoms with van der Waals surface area (Å²) in [5.41, 5.74) is 2.55. The van der Waals surface area contributed by atoms with Gasteiger partial charge in [-0.15, -0.1) is 11.3 Å². The van der Waals surface area contributed by atoms with Gasteiger partial charge in [-0.05, 0) is 52.7 Å². The highest BCUT2D eigenvalue weighted by Crippen LogP contribution is 2.33. The predicted molar refractivity (Wildman–Crippen MR) is 139 cm³/mol. The third-order valence-electron chi connectivity index (χ3n) is 7.55. The summed E-state index contributed by atoms with van der Waals surface area (Å²) in [6.45, 7) is 5.10. The van der Waals surface area contributed by atoms with Crippen molar-refractivity contribution in [2.45, 2.75) is 44.6 Å². The number of likely N-dealkylation sites (tertiary alicyclic amines) is 2. The van der Waals surface area contributed by atoms with E-state index in [4.69, 9.17) is 9.51 Å². The molecule has 2 amide bonds. The van der Waals surface area contributed by atoms with Crippen molar-refractivity contribution in [3.63, 3.8) is 0 Å². The van der Waals surface area contributed by atoms with Crippen molar-refractivity contribution < 1.29 is 14.1 Å². The fraction of sp³-hybridized carbons (Fsp3) is 0.481. The van der Waals surface area contributed by atoms with E-state index < -0.39 is 0 Å². The molecule has 2 aromatic heterocycles. The van der Waals surface area contributed by atoms with Crippen molar-refractivity contribution in [3.05, 3.63) is 57.7 Å². The van der Waals surface area contributed by atoms with Crippen molar-refractivity contribution in [1.29, 1.82) is 0 Å². The van der Waals surface area contributed by atoms with E-state index in [2.05, 4.69) is 17.1 Å². The van der Waals surface area contributed by atoms with Crippen LogP contribution in [0.3, 0.4) is 0 Å². The van der Waals surface area contributed by atoms with E-state index in [9.17, 15) is 9.59 Å². The van der Waals surface area contributed by atoms with Gasteiger partial charge in [-0.1, -0.05) is 35.5 Å². The van der Waals surface area contributed by atoms with Crippen LogP contribution in [-0.2, 0) is 0 Å². The molecule has 5 rings (SSSR count). The van der Waals surface area contributed by atoms with Gasteiger partial charge in [0.05, 0.1) is 5.01 Å². The number of hydrogen-bond donors (Lipinski definition) is 0. The van der Waals surface area contributed by atoms with Crippen LogP contribution in [-0.4, -0.2) is 83.0 Å². The minimum atomic E-state index is -0.0409. The van der Waals surface area contributed by atoms with Crippen molar-refractivity contribution in [3.8, 4) is 11.3 Å². The topological polar surface area (TPSA) is 82.8 Å². The molecule has 9 heteroatoms. The lowest BCUT2D eigenvalue weighted by atomic mass is 9.96. The van der Waals surface area contributed by atoms with Crippen LogP contribution in [0, 0.1) is 6.92 Å². The number of hydrogen-bond acceptors (Lipinski definition) is 7. The van der Waals surface area contributed by atoms with Crippen molar-refractivity contribution in [2.24, 2.45) is 0 Å². The monoisotopic (exact) mass is 507 g/mol. The molecule has 4 heterocycles. The van der Waals surface area contributed by atoms with Crippen molar-refractivity contribution in [2.75, 3.05) is 40.3 Å². The highest BCUT2D eigenvalue weighted by Gasteiger charge is 2.32. The summed E-state index contributed by atoms with van der Waals surface area (Å²) in [5.74, 6) is 0.765. The van der Waals surface area contributed by atoms with Gasteiger partial charge >= 0.3 is 0 Å². The normalized spacial score (nSPS) is 17.9. The van der Waals surface area contributed by atoms with Crippen LogP contribution in [0.2, 0.25) is 0 Å². The molecule has 3 aromatic rings. The number of aromatic nitrogens is 2. The first-order valence-corrected chi connectivity index (χ1v) is 13.5. The predicted octanol–water partition coefficient (Wildman–Crippen LogP) is 4.29. The SMILES string of the molecule is Cc1onc(-c2ccccc2)c1C(=O)N1CCC(c2nc(C(=O)N(C)C3CCN(C)CC3)cs2)CC1. The van der Waals surface area contributed by atoms with Gasteiger partial charge in [0.15, 0.2) is 0 Å². The van der Waals surface area contributed by atoms with Crippen LogP contribution < -0.4 is 0 Å². The molecular weight excluding hydrogens is 474 g/mol. The fourth-order valence-electron chi connectivity index (χ4n) is 5.21. The number of piperidine rings is 2. The van der Waals surface area contributed by atoms with Crippen LogP contribution in [0.4, 0.5) is 0 Å². The van der Waals surface area contributed by atoms with Crippen LogP contribution in [0.1, 0.15) is 63.2 Å². The Hall–Kier alpha value is -3.04. The summed E-state index contributed by atoms with van der Waals surface area (Å²) < 4.78 is 5.40. The maximum atomic E-state index is 13.4. The number of carbonyl (C=O) groups excluding carboxylic acids is 2. The largest absolute Gasteiger partial charge is 0.360 e. The number of thiazole rings is 1. The molecule has 0 saturated carbocycles. The van der Waals surface area contributed by atoms with E-state index in [-0.39, 0.29) is 23.8 Å². The standard InChI is InChI=1S/C27H33N5O3S/c1-18-23(24(29-35-18)19-7-5-4-6-8-19)27(34)32-15-9-20(10-16-32)25-28-22(17-36-25)26(33)31(3)21-11-13-30(2)14-12-21/h4-8,17,20-21H,9-16H2,1-3H3. The zero-order valence-corrected chi connectivity index (χ0v) is 22.0. The highest BCUT2D eigenvalue weighted by molar-refractivity contribution is 7.09. The number of nitrogens with zero attached hydrogens (tertiary/aromatic N) is 5. The molecule has 2 saturated heterocycles. The number of rotatable bonds is 5.